The maximum atomic E-state index is 9.73. The number of benzene rings is 3. The lowest BCUT2D eigenvalue weighted by Gasteiger charge is -2.02. The Bertz CT molecular complexity index is 1260. The summed E-state index contributed by atoms with van der Waals surface area (Å²) >= 11 is 1.46. The molecule has 0 N–H and O–H groups in total. The molecule has 0 spiro atoms. The van der Waals surface area contributed by atoms with Crippen LogP contribution in [0.5, 0.6) is 11.5 Å². The van der Waals surface area contributed by atoms with Crippen molar-refractivity contribution in [3.8, 4) is 28.8 Å². The largest absolute Gasteiger partial charge is 0.454 e. The fraction of sp³-hybridized carbons (Fsp3) is 0.0435. The summed E-state index contributed by atoms with van der Waals surface area (Å²) in [6.45, 7) is 0.244. The molecule has 0 bridgehead atoms. The van der Waals surface area contributed by atoms with Crippen molar-refractivity contribution < 1.29 is 9.47 Å². The second-order valence-corrected chi connectivity index (χ2v) is 7.20. The van der Waals surface area contributed by atoms with Crippen LogP contribution < -0.4 is 9.47 Å². The van der Waals surface area contributed by atoms with E-state index in [1.54, 1.807) is 0 Å². The topological polar surface area (TPSA) is 55.1 Å². The maximum Gasteiger partial charge on any atom is 0.231 e. The van der Waals surface area contributed by atoms with Crippen molar-refractivity contribution in [1.82, 2.24) is 4.98 Å². The van der Waals surface area contributed by atoms with Gasteiger partial charge >= 0.3 is 0 Å². The van der Waals surface area contributed by atoms with Crippen molar-refractivity contribution in [1.29, 1.82) is 5.26 Å². The minimum atomic E-state index is 0.244. The first-order valence-corrected chi connectivity index (χ1v) is 9.65. The summed E-state index contributed by atoms with van der Waals surface area (Å²) in [6, 6.07) is 22.3. The van der Waals surface area contributed by atoms with E-state index in [0.29, 0.717) is 10.6 Å². The van der Waals surface area contributed by atoms with Gasteiger partial charge in [-0.05, 0) is 40.6 Å². The normalized spacial score (nSPS) is 12.9. The zero-order valence-corrected chi connectivity index (χ0v) is 15.6. The van der Waals surface area contributed by atoms with Gasteiger partial charge in [0.05, 0.1) is 11.3 Å². The van der Waals surface area contributed by atoms with E-state index in [0.717, 1.165) is 39.1 Å². The van der Waals surface area contributed by atoms with Crippen molar-refractivity contribution in [2.24, 2.45) is 0 Å². The molecule has 1 aliphatic heterocycles. The van der Waals surface area contributed by atoms with Crippen LogP contribution in [0.15, 0.2) is 66.0 Å². The molecule has 0 fully saturated rings. The van der Waals surface area contributed by atoms with Crippen molar-refractivity contribution in [3.05, 3.63) is 76.6 Å². The predicted molar refractivity (Wildman–Crippen MR) is 111 cm³/mol. The van der Waals surface area contributed by atoms with Gasteiger partial charge in [-0.15, -0.1) is 11.3 Å². The van der Waals surface area contributed by atoms with Gasteiger partial charge < -0.3 is 9.47 Å². The SMILES string of the molecule is N#C/C(=C\c1cccc2ccccc12)c1nc(-c2ccc3c(c2)OCO3)cs1. The van der Waals surface area contributed by atoms with Crippen LogP contribution in [0, 0.1) is 11.3 Å². The lowest BCUT2D eigenvalue weighted by atomic mass is 10.0. The summed E-state index contributed by atoms with van der Waals surface area (Å²) in [5.74, 6) is 1.46. The molecule has 0 saturated carbocycles. The first-order valence-electron chi connectivity index (χ1n) is 8.77. The molecule has 0 saturated heterocycles. The van der Waals surface area contributed by atoms with E-state index in [9.17, 15) is 5.26 Å². The number of nitrogens with zero attached hydrogens (tertiary/aromatic N) is 2. The number of ether oxygens (including phenoxy) is 2. The number of allylic oxidation sites excluding steroid dienone is 1. The van der Waals surface area contributed by atoms with Gasteiger partial charge in [0, 0.05) is 10.9 Å². The number of rotatable bonds is 3. The lowest BCUT2D eigenvalue weighted by molar-refractivity contribution is 0.174. The lowest BCUT2D eigenvalue weighted by Crippen LogP contribution is -1.92. The van der Waals surface area contributed by atoms with Crippen molar-refractivity contribution >= 4 is 33.8 Å². The number of hydrogen-bond acceptors (Lipinski definition) is 5. The molecule has 2 heterocycles. The minimum Gasteiger partial charge on any atom is -0.454 e. The summed E-state index contributed by atoms with van der Waals surface area (Å²) in [5.41, 5.74) is 3.31. The predicted octanol–water partition coefficient (Wildman–Crippen LogP) is 5.76. The van der Waals surface area contributed by atoms with Crippen LogP contribution >= 0.6 is 11.3 Å². The van der Waals surface area contributed by atoms with Gasteiger partial charge in [0.25, 0.3) is 0 Å². The number of thiazole rings is 1. The zero-order chi connectivity index (χ0) is 18.9. The smallest absolute Gasteiger partial charge is 0.231 e. The molecule has 1 aliphatic rings. The third-order valence-corrected chi connectivity index (χ3v) is 5.52. The highest BCUT2D eigenvalue weighted by Crippen LogP contribution is 2.37. The molecule has 0 unspecified atom stereocenters. The average Bonchev–Trinajstić information content (AvgIpc) is 3.41. The van der Waals surface area contributed by atoms with Gasteiger partial charge in [-0.1, -0.05) is 42.5 Å². The molecule has 4 aromatic rings. The molecule has 0 aliphatic carbocycles. The van der Waals surface area contributed by atoms with E-state index in [2.05, 4.69) is 29.3 Å². The molecule has 5 heteroatoms. The van der Waals surface area contributed by atoms with Crippen molar-refractivity contribution in [3.63, 3.8) is 0 Å². The fourth-order valence-corrected chi connectivity index (χ4v) is 4.05. The standard InChI is InChI=1S/C23H14N2O2S/c24-12-18(10-16-6-3-5-15-4-1-2-7-19(15)16)23-25-20(13-28-23)17-8-9-21-22(11-17)27-14-26-21/h1-11,13H,14H2/b18-10+. The van der Waals surface area contributed by atoms with E-state index in [-0.39, 0.29) is 6.79 Å². The maximum absolute atomic E-state index is 9.73. The Morgan fingerprint density at radius 3 is 2.82 bits per heavy atom. The monoisotopic (exact) mass is 382 g/mol. The highest BCUT2D eigenvalue weighted by molar-refractivity contribution is 7.11. The van der Waals surface area contributed by atoms with E-state index < -0.39 is 0 Å². The second kappa shape index (κ2) is 6.84. The molecular weight excluding hydrogens is 368 g/mol. The summed E-state index contributed by atoms with van der Waals surface area (Å²) in [4.78, 5) is 4.68. The molecule has 1 aromatic heterocycles. The third-order valence-electron chi connectivity index (χ3n) is 4.65. The number of nitriles is 1. The highest BCUT2D eigenvalue weighted by atomic mass is 32.1. The Morgan fingerprint density at radius 2 is 1.89 bits per heavy atom. The number of aromatic nitrogens is 1. The minimum absolute atomic E-state index is 0.244. The van der Waals surface area contributed by atoms with Gasteiger partial charge in [0.15, 0.2) is 11.5 Å². The molecule has 3 aromatic carbocycles. The van der Waals surface area contributed by atoms with Crippen LogP contribution in [0.4, 0.5) is 0 Å². The molecule has 28 heavy (non-hydrogen) atoms. The van der Waals surface area contributed by atoms with Gasteiger partial charge in [-0.3, -0.25) is 0 Å². The molecule has 0 atom stereocenters. The quantitative estimate of drug-likeness (QED) is 0.423. The van der Waals surface area contributed by atoms with E-state index in [1.165, 1.54) is 11.3 Å². The van der Waals surface area contributed by atoms with Crippen LogP contribution in [0.25, 0.3) is 33.7 Å². The molecule has 0 amide bonds. The van der Waals surface area contributed by atoms with Gasteiger partial charge in [-0.2, -0.15) is 5.26 Å². The van der Waals surface area contributed by atoms with Gasteiger partial charge in [0.2, 0.25) is 6.79 Å². The molecule has 0 radical (unpaired) electrons. The van der Waals surface area contributed by atoms with E-state index in [1.807, 2.05) is 53.9 Å². The second-order valence-electron chi connectivity index (χ2n) is 6.34. The van der Waals surface area contributed by atoms with Crippen LogP contribution in [0.1, 0.15) is 10.6 Å². The Labute approximate surface area is 165 Å². The third kappa shape index (κ3) is 2.90. The summed E-state index contributed by atoms with van der Waals surface area (Å²) in [5, 5.41) is 14.7. The van der Waals surface area contributed by atoms with E-state index in [4.69, 9.17) is 9.47 Å². The molecule has 5 rings (SSSR count). The van der Waals surface area contributed by atoms with Crippen molar-refractivity contribution in [2.45, 2.75) is 0 Å². The summed E-state index contributed by atoms with van der Waals surface area (Å²) in [6.07, 6.45) is 1.91. The Balaban J connectivity index is 1.53. The van der Waals surface area contributed by atoms with Gasteiger partial charge in [0.1, 0.15) is 11.1 Å². The highest BCUT2D eigenvalue weighted by Gasteiger charge is 2.16. The average molecular weight is 382 g/mol. The summed E-state index contributed by atoms with van der Waals surface area (Å²) < 4.78 is 10.8. The molecule has 4 nitrogen and oxygen atoms in total. The Morgan fingerprint density at radius 1 is 1.04 bits per heavy atom. The van der Waals surface area contributed by atoms with E-state index >= 15 is 0 Å². The summed E-state index contributed by atoms with van der Waals surface area (Å²) in [7, 11) is 0. The Hall–Kier alpha value is -3.62. The van der Waals surface area contributed by atoms with Crippen molar-refractivity contribution in [2.75, 3.05) is 6.79 Å². The van der Waals surface area contributed by atoms with Crippen LogP contribution in [0.2, 0.25) is 0 Å². The first kappa shape index (κ1) is 16.5. The van der Waals surface area contributed by atoms with Crippen LogP contribution in [-0.4, -0.2) is 11.8 Å². The van der Waals surface area contributed by atoms with Gasteiger partial charge in [-0.25, -0.2) is 4.98 Å². The fourth-order valence-electron chi connectivity index (χ4n) is 3.26. The Kier molecular flexibility index (Phi) is 4.04. The number of hydrogen-bond donors (Lipinski definition) is 0. The van der Waals surface area contributed by atoms with Crippen LogP contribution in [0.3, 0.4) is 0 Å². The van der Waals surface area contributed by atoms with Crippen LogP contribution in [-0.2, 0) is 0 Å². The first-order chi connectivity index (χ1) is 13.8. The number of fused-ring (bicyclic) bond motifs is 2. The zero-order valence-electron chi connectivity index (χ0n) is 14.8. The molecular formula is C23H14N2O2S. The molecule has 134 valence electrons.